The first-order chi connectivity index (χ1) is 9.11. The highest BCUT2D eigenvalue weighted by atomic mass is 127. The zero-order valence-corrected chi connectivity index (χ0v) is 13.7. The Morgan fingerprint density at radius 3 is 2.79 bits per heavy atom. The molecule has 0 fully saturated rings. The smallest absolute Gasteiger partial charge is 0.161 e. The lowest BCUT2D eigenvalue weighted by Gasteiger charge is -2.10. The molecule has 0 unspecified atom stereocenters. The van der Waals surface area contributed by atoms with Gasteiger partial charge in [0, 0.05) is 18.3 Å². The van der Waals surface area contributed by atoms with E-state index in [1.165, 1.54) is 11.1 Å². The van der Waals surface area contributed by atoms with Gasteiger partial charge in [-0.1, -0.05) is 24.6 Å². The van der Waals surface area contributed by atoms with Crippen LogP contribution in [-0.2, 0) is 0 Å². The highest BCUT2D eigenvalue weighted by Gasteiger charge is 2.09. The lowest BCUT2D eigenvalue weighted by atomic mass is 10.1. The number of nitrogens with one attached hydrogen (secondary N) is 1. The lowest BCUT2D eigenvalue weighted by molar-refractivity contribution is 0.963. The number of hydrogen-bond acceptors (Lipinski definition) is 3. The number of aromatic nitrogens is 2. The SMILES string of the molecule is CCCNc1nc(-c2cc(C)ccc2C)ncc1I. The Balaban J connectivity index is 2.42. The highest BCUT2D eigenvalue weighted by Crippen LogP contribution is 2.24. The summed E-state index contributed by atoms with van der Waals surface area (Å²) >= 11 is 2.26. The molecule has 1 aromatic heterocycles. The second-order valence-electron chi connectivity index (χ2n) is 4.64. The molecule has 1 N–H and O–H groups in total. The van der Waals surface area contributed by atoms with Gasteiger partial charge in [0.05, 0.1) is 3.57 Å². The second kappa shape index (κ2) is 6.32. The van der Waals surface area contributed by atoms with Crippen molar-refractivity contribution in [1.29, 1.82) is 0 Å². The van der Waals surface area contributed by atoms with Crippen LogP contribution in [0.3, 0.4) is 0 Å². The maximum absolute atomic E-state index is 4.65. The van der Waals surface area contributed by atoms with Gasteiger partial charge in [-0.15, -0.1) is 0 Å². The van der Waals surface area contributed by atoms with E-state index in [0.29, 0.717) is 0 Å². The van der Waals surface area contributed by atoms with Crippen LogP contribution in [0.5, 0.6) is 0 Å². The van der Waals surface area contributed by atoms with Crippen LogP contribution in [0.4, 0.5) is 5.82 Å². The van der Waals surface area contributed by atoms with Crippen molar-refractivity contribution in [3.05, 3.63) is 39.1 Å². The van der Waals surface area contributed by atoms with E-state index in [9.17, 15) is 0 Å². The number of nitrogens with zero attached hydrogens (tertiary/aromatic N) is 2. The third kappa shape index (κ3) is 3.43. The van der Waals surface area contributed by atoms with Gasteiger partial charge < -0.3 is 5.32 Å². The van der Waals surface area contributed by atoms with Crippen molar-refractivity contribution < 1.29 is 0 Å². The minimum Gasteiger partial charge on any atom is -0.369 e. The number of aryl methyl sites for hydroxylation is 2. The zero-order valence-electron chi connectivity index (χ0n) is 11.5. The number of benzene rings is 1. The molecule has 0 aliphatic heterocycles. The third-order valence-electron chi connectivity index (χ3n) is 2.92. The topological polar surface area (TPSA) is 37.8 Å². The van der Waals surface area contributed by atoms with Crippen molar-refractivity contribution in [2.24, 2.45) is 0 Å². The van der Waals surface area contributed by atoms with Crippen molar-refractivity contribution in [2.45, 2.75) is 27.2 Å². The van der Waals surface area contributed by atoms with Gasteiger partial charge in [0.2, 0.25) is 0 Å². The van der Waals surface area contributed by atoms with Crippen molar-refractivity contribution >= 4 is 28.4 Å². The summed E-state index contributed by atoms with van der Waals surface area (Å²) in [5, 5.41) is 3.35. The van der Waals surface area contributed by atoms with Crippen LogP contribution in [0.2, 0.25) is 0 Å². The summed E-state index contributed by atoms with van der Waals surface area (Å²) in [6.07, 6.45) is 2.96. The predicted octanol–water partition coefficient (Wildman–Crippen LogP) is 4.19. The Bertz CT molecular complexity index is 582. The van der Waals surface area contributed by atoms with Gasteiger partial charge in [-0.2, -0.15) is 0 Å². The molecule has 0 spiro atoms. The molecular weight excluding hydrogens is 349 g/mol. The highest BCUT2D eigenvalue weighted by molar-refractivity contribution is 14.1. The van der Waals surface area contributed by atoms with Crippen LogP contribution in [-0.4, -0.2) is 16.5 Å². The molecule has 100 valence electrons. The van der Waals surface area contributed by atoms with Crippen LogP contribution in [0.25, 0.3) is 11.4 Å². The maximum Gasteiger partial charge on any atom is 0.161 e. The Labute approximate surface area is 128 Å². The summed E-state index contributed by atoms with van der Waals surface area (Å²) in [6.45, 7) is 7.26. The number of rotatable bonds is 4. The Kier molecular flexibility index (Phi) is 4.74. The van der Waals surface area contributed by atoms with Crippen LogP contribution < -0.4 is 5.32 Å². The fourth-order valence-electron chi connectivity index (χ4n) is 1.84. The zero-order chi connectivity index (χ0) is 13.8. The van der Waals surface area contributed by atoms with Gasteiger partial charge in [-0.25, -0.2) is 9.97 Å². The molecular formula is C15H18IN3. The molecule has 0 aliphatic carbocycles. The van der Waals surface area contributed by atoms with E-state index in [4.69, 9.17) is 0 Å². The normalized spacial score (nSPS) is 10.5. The fourth-order valence-corrected chi connectivity index (χ4v) is 2.29. The average Bonchev–Trinajstić information content (AvgIpc) is 2.41. The first kappa shape index (κ1) is 14.2. The molecule has 0 saturated carbocycles. The second-order valence-corrected chi connectivity index (χ2v) is 5.80. The summed E-state index contributed by atoms with van der Waals surface area (Å²) in [5.41, 5.74) is 3.54. The molecule has 0 radical (unpaired) electrons. The van der Waals surface area contributed by atoms with Gasteiger partial charge >= 0.3 is 0 Å². The van der Waals surface area contributed by atoms with Crippen molar-refractivity contribution in [2.75, 3.05) is 11.9 Å². The quantitative estimate of drug-likeness (QED) is 0.824. The molecule has 3 nitrogen and oxygen atoms in total. The van der Waals surface area contributed by atoms with Gasteiger partial charge in [0.15, 0.2) is 5.82 Å². The minimum atomic E-state index is 0.792. The Morgan fingerprint density at radius 2 is 2.05 bits per heavy atom. The van der Waals surface area contributed by atoms with E-state index in [-0.39, 0.29) is 0 Å². The van der Waals surface area contributed by atoms with Gasteiger partial charge in [-0.3, -0.25) is 0 Å². The van der Waals surface area contributed by atoms with Gasteiger partial charge in [0.1, 0.15) is 5.82 Å². The summed E-state index contributed by atoms with van der Waals surface area (Å²) in [6, 6.07) is 6.37. The van der Waals surface area contributed by atoms with Gasteiger partial charge in [-0.05, 0) is 54.5 Å². The predicted molar refractivity (Wildman–Crippen MR) is 88.4 cm³/mol. The maximum atomic E-state index is 4.65. The van der Waals surface area contributed by atoms with Crippen molar-refractivity contribution in [3.8, 4) is 11.4 Å². The molecule has 0 aliphatic rings. The summed E-state index contributed by atoms with van der Waals surface area (Å²) in [4.78, 5) is 9.11. The van der Waals surface area contributed by atoms with E-state index in [1.54, 1.807) is 0 Å². The Hall–Kier alpha value is -1.17. The minimum absolute atomic E-state index is 0.792. The summed E-state index contributed by atoms with van der Waals surface area (Å²) in [7, 11) is 0. The largest absolute Gasteiger partial charge is 0.369 e. The third-order valence-corrected chi connectivity index (χ3v) is 3.71. The number of halogens is 1. The number of anilines is 1. The first-order valence-corrected chi connectivity index (χ1v) is 7.53. The van der Waals surface area contributed by atoms with E-state index in [2.05, 4.69) is 76.8 Å². The molecule has 0 amide bonds. The van der Waals surface area contributed by atoms with Crippen LogP contribution in [0.15, 0.2) is 24.4 Å². The van der Waals surface area contributed by atoms with Gasteiger partial charge in [0.25, 0.3) is 0 Å². The molecule has 1 heterocycles. The van der Waals surface area contributed by atoms with Crippen LogP contribution in [0, 0.1) is 17.4 Å². The average molecular weight is 367 g/mol. The fraction of sp³-hybridized carbons (Fsp3) is 0.333. The monoisotopic (exact) mass is 367 g/mol. The Morgan fingerprint density at radius 1 is 1.26 bits per heavy atom. The van der Waals surface area contributed by atoms with E-state index < -0.39 is 0 Å². The summed E-state index contributed by atoms with van der Waals surface area (Å²) < 4.78 is 1.06. The summed E-state index contributed by atoms with van der Waals surface area (Å²) in [5.74, 6) is 1.72. The molecule has 2 aromatic rings. The first-order valence-electron chi connectivity index (χ1n) is 6.46. The molecule has 0 atom stereocenters. The van der Waals surface area contributed by atoms with Crippen molar-refractivity contribution in [3.63, 3.8) is 0 Å². The van der Waals surface area contributed by atoms with E-state index in [1.807, 2.05) is 6.20 Å². The lowest BCUT2D eigenvalue weighted by Crippen LogP contribution is -2.06. The van der Waals surface area contributed by atoms with E-state index in [0.717, 1.165) is 33.7 Å². The molecule has 0 saturated heterocycles. The molecule has 0 bridgehead atoms. The molecule has 19 heavy (non-hydrogen) atoms. The standard InChI is InChI=1S/C15H18IN3/c1-4-7-17-15-13(16)9-18-14(19-15)12-8-10(2)5-6-11(12)3/h5-6,8-9H,4,7H2,1-3H3,(H,17,18,19). The number of hydrogen-bond donors (Lipinski definition) is 1. The molecule has 4 heteroatoms. The van der Waals surface area contributed by atoms with E-state index >= 15 is 0 Å². The molecule has 1 aromatic carbocycles. The van der Waals surface area contributed by atoms with Crippen molar-refractivity contribution in [1.82, 2.24) is 9.97 Å². The molecule has 2 rings (SSSR count). The van der Waals surface area contributed by atoms with Crippen LogP contribution >= 0.6 is 22.6 Å². The van der Waals surface area contributed by atoms with Crippen LogP contribution in [0.1, 0.15) is 24.5 Å².